The van der Waals surface area contributed by atoms with Crippen molar-refractivity contribution >= 4 is 40.7 Å². The van der Waals surface area contributed by atoms with Crippen LogP contribution >= 0.6 is 23.1 Å². The Kier molecular flexibility index (Phi) is 7.43. The molecule has 9 nitrogen and oxygen atoms in total. The number of ether oxygens (including phenoxy) is 1. The molecule has 0 atom stereocenters. The standard InChI is InChI=1S/C23H24N6O3S2/c1-4-28-22(18-11-8-12-33-18)25-26-23(28)34-14-20(31)32-13-19(30)24-21-15(2)27-29(16(21)3)17-9-6-5-7-10-17/h5-12H,4,13-14H2,1-3H3,(H,24,30). The number of amides is 1. The highest BCUT2D eigenvalue weighted by atomic mass is 32.2. The zero-order valence-corrected chi connectivity index (χ0v) is 20.7. The predicted molar refractivity (Wildman–Crippen MR) is 132 cm³/mol. The van der Waals surface area contributed by atoms with E-state index in [1.54, 1.807) is 16.0 Å². The quantitative estimate of drug-likeness (QED) is 0.275. The van der Waals surface area contributed by atoms with Gasteiger partial charge in [0.25, 0.3) is 5.91 Å². The molecule has 176 valence electrons. The topological polar surface area (TPSA) is 104 Å². The molecule has 0 spiro atoms. The number of nitrogens with zero attached hydrogens (tertiary/aromatic N) is 5. The van der Waals surface area contributed by atoms with E-state index in [0.717, 1.165) is 22.1 Å². The number of benzene rings is 1. The number of carbonyl (C=O) groups is 2. The number of esters is 1. The molecule has 0 fully saturated rings. The minimum Gasteiger partial charge on any atom is -0.455 e. The maximum Gasteiger partial charge on any atom is 0.316 e. The first kappa shape index (κ1) is 23.7. The molecular formula is C23H24N6O3S2. The van der Waals surface area contributed by atoms with E-state index >= 15 is 0 Å². The molecule has 0 saturated heterocycles. The van der Waals surface area contributed by atoms with Gasteiger partial charge in [-0.2, -0.15) is 5.10 Å². The lowest BCUT2D eigenvalue weighted by molar-refractivity contribution is -0.144. The van der Waals surface area contributed by atoms with Crippen LogP contribution in [0.25, 0.3) is 16.4 Å². The van der Waals surface area contributed by atoms with Crippen molar-refractivity contribution in [2.45, 2.75) is 32.5 Å². The van der Waals surface area contributed by atoms with Crippen LogP contribution in [0, 0.1) is 13.8 Å². The Bertz CT molecular complexity index is 1280. The monoisotopic (exact) mass is 496 g/mol. The number of thiophene rings is 1. The van der Waals surface area contributed by atoms with Crippen molar-refractivity contribution in [1.29, 1.82) is 0 Å². The molecule has 34 heavy (non-hydrogen) atoms. The zero-order chi connectivity index (χ0) is 24.1. The average molecular weight is 497 g/mol. The Balaban J connectivity index is 1.31. The Hall–Kier alpha value is -3.44. The number of hydrogen-bond donors (Lipinski definition) is 1. The summed E-state index contributed by atoms with van der Waals surface area (Å²) >= 11 is 2.82. The van der Waals surface area contributed by atoms with Crippen LogP contribution in [0.3, 0.4) is 0 Å². The number of hydrogen-bond acceptors (Lipinski definition) is 8. The second-order valence-corrected chi connectivity index (χ2v) is 9.21. The van der Waals surface area contributed by atoms with E-state index in [4.69, 9.17) is 4.74 Å². The van der Waals surface area contributed by atoms with Gasteiger partial charge in [0.05, 0.1) is 33.4 Å². The summed E-state index contributed by atoms with van der Waals surface area (Å²) in [6, 6.07) is 13.6. The van der Waals surface area contributed by atoms with Gasteiger partial charge in [-0.15, -0.1) is 21.5 Å². The molecule has 1 N–H and O–H groups in total. The molecule has 0 bridgehead atoms. The van der Waals surface area contributed by atoms with E-state index in [1.807, 2.05) is 73.2 Å². The number of carbonyl (C=O) groups excluding carboxylic acids is 2. The molecule has 1 amide bonds. The van der Waals surface area contributed by atoms with Crippen LogP contribution in [0.4, 0.5) is 5.69 Å². The van der Waals surface area contributed by atoms with E-state index in [1.165, 1.54) is 11.8 Å². The van der Waals surface area contributed by atoms with Crippen LogP contribution in [0.15, 0.2) is 53.0 Å². The SMILES string of the molecule is CCn1c(SCC(=O)OCC(=O)Nc2c(C)nn(-c3ccccc3)c2C)nnc1-c1cccs1. The Morgan fingerprint density at radius 1 is 1.12 bits per heavy atom. The summed E-state index contributed by atoms with van der Waals surface area (Å²) in [5, 5.41) is 18.4. The van der Waals surface area contributed by atoms with E-state index in [2.05, 4.69) is 20.6 Å². The third kappa shape index (κ3) is 5.20. The molecule has 3 aromatic heterocycles. The van der Waals surface area contributed by atoms with Crippen LogP contribution < -0.4 is 5.32 Å². The molecule has 0 aliphatic heterocycles. The number of rotatable bonds is 9. The molecule has 0 aliphatic rings. The van der Waals surface area contributed by atoms with Gasteiger partial charge in [-0.25, -0.2) is 4.68 Å². The Morgan fingerprint density at radius 3 is 2.62 bits per heavy atom. The van der Waals surface area contributed by atoms with Crippen molar-refractivity contribution in [3.63, 3.8) is 0 Å². The fourth-order valence-corrected chi connectivity index (χ4v) is 4.92. The fourth-order valence-electron chi connectivity index (χ4n) is 3.40. The molecule has 11 heteroatoms. The lowest BCUT2D eigenvalue weighted by atomic mass is 10.3. The molecule has 0 radical (unpaired) electrons. The van der Waals surface area contributed by atoms with Crippen molar-refractivity contribution in [3.05, 3.63) is 59.2 Å². The number of aryl methyl sites for hydroxylation is 1. The third-order valence-electron chi connectivity index (χ3n) is 5.01. The average Bonchev–Trinajstić information content (AvgIpc) is 3.57. The normalized spacial score (nSPS) is 10.9. The van der Waals surface area contributed by atoms with Gasteiger partial charge < -0.3 is 14.6 Å². The lowest BCUT2D eigenvalue weighted by Crippen LogP contribution is -2.22. The number of para-hydroxylation sites is 1. The summed E-state index contributed by atoms with van der Waals surface area (Å²) in [6.45, 7) is 5.99. The predicted octanol–water partition coefficient (Wildman–Crippen LogP) is 4.10. The van der Waals surface area contributed by atoms with Crippen molar-refractivity contribution in [2.75, 3.05) is 17.7 Å². The molecule has 4 rings (SSSR count). The van der Waals surface area contributed by atoms with Gasteiger partial charge in [0.1, 0.15) is 0 Å². The van der Waals surface area contributed by atoms with E-state index < -0.39 is 11.9 Å². The van der Waals surface area contributed by atoms with Gasteiger partial charge >= 0.3 is 5.97 Å². The highest BCUT2D eigenvalue weighted by Gasteiger charge is 2.18. The summed E-state index contributed by atoms with van der Waals surface area (Å²) in [7, 11) is 0. The molecule has 3 heterocycles. The minimum atomic E-state index is -0.503. The van der Waals surface area contributed by atoms with Gasteiger partial charge in [0, 0.05) is 6.54 Å². The second-order valence-electron chi connectivity index (χ2n) is 7.32. The maximum absolute atomic E-state index is 12.4. The Morgan fingerprint density at radius 2 is 1.91 bits per heavy atom. The molecule has 4 aromatic rings. The van der Waals surface area contributed by atoms with Crippen LogP contribution in [-0.4, -0.2) is 48.8 Å². The molecule has 0 saturated carbocycles. The summed E-state index contributed by atoms with van der Waals surface area (Å²) < 4.78 is 8.88. The van der Waals surface area contributed by atoms with Crippen molar-refractivity contribution in [1.82, 2.24) is 24.5 Å². The number of thioether (sulfide) groups is 1. The fraction of sp³-hybridized carbons (Fsp3) is 0.261. The van der Waals surface area contributed by atoms with E-state index in [9.17, 15) is 9.59 Å². The number of nitrogens with one attached hydrogen (secondary N) is 1. The Labute approximate surface area is 205 Å². The van der Waals surface area contributed by atoms with Crippen molar-refractivity contribution in [2.24, 2.45) is 0 Å². The van der Waals surface area contributed by atoms with Gasteiger partial charge in [-0.1, -0.05) is 36.0 Å². The smallest absolute Gasteiger partial charge is 0.316 e. The van der Waals surface area contributed by atoms with E-state index in [0.29, 0.717) is 23.1 Å². The van der Waals surface area contributed by atoms with Crippen LogP contribution in [0.1, 0.15) is 18.3 Å². The maximum atomic E-state index is 12.4. The largest absolute Gasteiger partial charge is 0.455 e. The first-order valence-electron chi connectivity index (χ1n) is 10.6. The lowest BCUT2D eigenvalue weighted by Gasteiger charge is -2.08. The second kappa shape index (κ2) is 10.7. The highest BCUT2D eigenvalue weighted by Crippen LogP contribution is 2.27. The van der Waals surface area contributed by atoms with Crippen LogP contribution in [0.5, 0.6) is 0 Å². The van der Waals surface area contributed by atoms with Crippen molar-refractivity contribution < 1.29 is 14.3 Å². The van der Waals surface area contributed by atoms with E-state index in [-0.39, 0.29) is 12.4 Å². The summed E-state index contributed by atoms with van der Waals surface area (Å²) in [6.07, 6.45) is 0. The van der Waals surface area contributed by atoms with Crippen LogP contribution in [0.2, 0.25) is 0 Å². The van der Waals surface area contributed by atoms with Gasteiger partial charge in [0.15, 0.2) is 17.6 Å². The number of anilines is 1. The van der Waals surface area contributed by atoms with Crippen molar-refractivity contribution in [3.8, 4) is 16.4 Å². The molecular weight excluding hydrogens is 472 g/mol. The van der Waals surface area contributed by atoms with Gasteiger partial charge in [-0.3, -0.25) is 9.59 Å². The summed E-state index contributed by atoms with van der Waals surface area (Å²) in [5.41, 5.74) is 2.97. The zero-order valence-electron chi connectivity index (χ0n) is 19.0. The first-order valence-corrected chi connectivity index (χ1v) is 12.5. The summed E-state index contributed by atoms with van der Waals surface area (Å²) in [5.74, 6) is -0.125. The van der Waals surface area contributed by atoms with Gasteiger partial charge in [0.2, 0.25) is 0 Å². The molecule has 0 unspecified atom stereocenters. The van der Waals surface area contributed by atoms with Crippen LogP contribution in [-0.2, 0) is 20.9 Å². The third-order valence-corrected chi connectivity index (χ3v) is 6.82. The highest BCUT2D eigenvalue weighted by molar-refractivity contribution is 7.99. The summed E-state index contributed by atoms with van der Waals surface area (Å²) in [4.78, 5) is 25.7. The molecule has 1 aromatic carbocycles. The van der Waals surface area contributed by atoms with Gasteiger partial charge in [-0.05, 0) is 44.4 Å². The minimum absolute atomic E-state index is 0.0276. The first-order chi connectivity index (χ1) is 16.5. The molecule has 0 aliphatic carbocycles. The number of aromatic nitrogens is 5.